The van der Waals surface area contributed by atoms with Crippen molar-refractivity contribution in [2.75, 3.05) is 11.6 Å². The molecule has 12 heteroatoms. The van der Waals surface area contributed by atoms with Crippen LogP contribution in [0.25, 0.3) is 0 Å². The third-order valence-electron chi connectivity index (χ3n) is 6.60. The SMILES string of the molecule is Cc1cc(NC(=O)c2ccc(F)c(C(F)(F)C(=O)N3[C@@H]4CC[C@H]3CC(NS(C)(=O)=O)C4)c2)ccc1F. The van der Waals surface area contributed by atoms with Crippen LogP contribution in [-0.2, 0) is 20.7 Å². The van der Waals surface area contributed by atoms with Gasteiger partial charge in [0, 0.05) is 29.4 Å². The summed E-state index contributed by atoms with van der Waals surface area (Å²) in [7, 11) is -3.51. The predicted octanol–water partition coefficient (Wildman–Crippen LogP) is 3.69. The van der Waals surface area contributed by atoms with Gasteiger partial charge in [0.1, 0.15) is 11.6 Å². The number of benzene rings is 2. The van der Waals surface area contributed by atoms with Crippen molar-refractivity contribution >= 4 is 27.5 Å². The van der Waals surface area contributed by atoms with Crippen LogP contribution >= 0.6 is 0 Å². The Morgan fingerprint density at radius 3 is 2.19 bits per heavy atom. The summed E-state index contributed by atoms with van der Waals surface area (Å²) < 4.78 is 84.4. The number of carbonyl (C=O) groups is 2. The first-order chi connectivity index (χ1) is 16.8. The minimum absolute atomic E-state index is 0.174. The highest BCUT2D eigenvalue weighted by atomic mass is 32.2. The molecule has 0 radical (unpaired) electrons. The normalized spacial score (nSPS) is 21.9. The molecule has 0 aliphatic carbocycles. The Bertz CT molecular complexity index is 1300. The maximum atomic E-state index is 15.4. The third kappa shape index (κ3) is 5.24. The second-order valence-corrected chi connectivity index (χ2v) is 11.1. The molecule has 2 aliphatic rings. The molecular formula is C24H25F4N3O4S. The van der Waals surface area contributed by atoms with Crippen LogP contribution in [0, 0.1) is 18.6 Å². The van der Waals surface area contributed by atoms with E-state index >= 15 is 8.78 Å². The van der Waals surface area contributed by atoms with Crippen LogP contribution in [0.4, 0.5) is 23.2 Å². The molecule has 3 atom stereocenters. The molecule has 2 amide bonds. The molecule has 7 nitrogen and oxygen atoms in total. The number of hydrogen-bond acceptors (Lipinski definition) is 4. The average Bonchev–Trinajstić information content (AvgIpc) is 3.04. The van der Waals surface area contributed by atoms with E-state index in [4.69, 9.17) is 0 Å². The van der Waals surface area contributed by atoms with Crippen LogP contribution in [0.2, 0.25) is 0 Å². The quantitative estimate of drug-likeness (QED) is 0.561. The van der Waals surface area contributed by atoms with Gasteiger partial charge in [-0.25, -0.2) is 21.9 Å². The smallest absolute Gasteiger partial charge is 0.331 e. The molecular weight excluding hydrogens is 502 g/mol. The standard InChI is InChI=1S/C24H25F4N3O4S/c1-13-9-15(4-8-20(13)25)29-22(32)14-3-7-21(26)19(10-14)24(27,28)23(33)31-17-5-6-18(31)12-16(11-17)30-36(2,34)35/h3-4,7-10,16-18,30H,5-6,11-12H2,1-2H3,(H,29,32)/t16?,17-,18+. The lowest BCUT2D eigenvalue weighted by atomic mass is 9.95. The van der Waals surface area contributed by atoms with E-state index in [1.54, 1.807) is 0 Å². The van der Waals surface area contributed by atoms with E-state index in [0.29, 0.717) is 25.0 Å². The van der Waals surface area contributed by atoms with Gasteiger partial charge in [-0.3, -0.25) is 9.59 Å². The van der Waals surface area contributed by atoms with Gasteiger partial charge in [0.15, 0.2) is 0 Å². The second kappa shape index (κ2) is 9.47. The van der Waals surface area contributed by atoms with Crippen molar-refractivity contribution in [2.45, 2.75) is 56.7 Å². The third-order valence-corrected chi connectivity index (χ3v) is 7.36. The van der Waals surface area contributed by atoms with Crippen LogP contribution in [0.15, 0.2) is 36.4 Å². The molecule has 2 saturated heterocycles. The molecule has 0 spiro atoms. The monoisotopic (exact) mass is 527 g/mol. The number of aryl methyl sites for hydroxylation is 1. The van der Waals surface area contributed by atoms with Gasteiger partial charge in [-0.15, -0.1) is 0 Å². The molecule has 2 heterocycles. The number of fused-ring (bicyclic) bond motifs is 2. The molecule has 4 rings (SSSR count). The lowest BCUT2D eigenvalue weighted by molar-refractivity contribution is -0.164. The van der Waals surface area contributed by atoms with Gasteiger partial charge in [0.05, 0.1) is 11.8 Å². The largest absolute Gasteiger partial charge is 0.352 e. The maximum Gasteiger partial charge on any atom is 0.352 e. The lowest BCUT2D eigenvalue weighted by Crippen LogP contribution is -2.55. The molecule has 2 fully saturated rings. The summed E-state index contributed by atoms with van der Waals surface area (Å²) in [5.41, 5.74) is -1.06. The van der Waals surface area contributed by atoms with Crippen LogP contribution in [-0.4, -0.2) is 49.5 Å². The van der Waals surface area contributed by atoms with Crippen molar-refractivity contribution in [3.63, 3.8) is 0 Å². The van der Waals surface area contributed by atoms with E-state index in [-0.39, 0.29) is 29.7 Å². The average molecular weight is 528 g/mol. The van der Waals surface area contributed by atoms with Crippen molar-refractivity contribution < 1.29 is 35.6 Å². The van der Waals surface area contributed by atoms with Crippen LogP contribution in [0.5, 0.6) is 0 Å². The van der Waals surface area contributed by atoms with Crippen molar-refractivity contribution in [1.29, 1.82) is 0 Å². The summed E-state index contributed by atoms with van der Waals surface area (Å²) in [5.74, 6) is -8.51. The topological polar surface area (TPSA) is 95.6 Å². The predicted molar refractivity (Wildman–Crippen MR) is 124 cm³/mol. The van der Waals surface area contributed by atoms with Crippen LogP contribution in [0.3, 0.4) is 0 Å². The summed E-state index contributed by atoms with van der Waals surface area (Å²) in [5, 5.41) is 2.44. The highest BCUT2D eigenvalue weighted by Gasteiger charge is 2.53. The Morgan fingerprint density at radius 2 is 1.61 bits per heavy atom. The Balaban J connectivity index is 1.55. The number of anilines is 1. The fourth-order valence-electron chi connectivity index (χ4n) is 5.02. The summed E-state index contributed by atoms with van der Waals surface area (Å²) in [4.78, 5) is 26.7. The summed E-state index contributed by atoms with van der Waals surface area (Å²) in [6, 6.07) is 4.42. The molecule has 2 aliphatic heterocycles. The Morgan fingerprint density at radius 1 is 1.00 bits per heavy atom. The van der Waals surface area contributed by atoms with E-state index in [1.807, 2.05) is 0 Å². The Labute approximate surface area is 205 Å². The fourth-order valence-corrected chi connectivity index (χ4v) is 5.82. The molecule has 194 valence electrons. The van der Waals surface area contributed by atoms with Crippen LogP contribution < -0.4 is 10.0 Å². The first-order valence-corrected chi connectivity index (χ1v) is 13.2. The van der Waals surface area contributed by atoms with Crippen molar-refractivity contribution in [2.24, 2.45) is 0 Å². The van der Waals surface area contributed by atoms with E-state index in [2.05, 4.69) is 10.0 Å². The van der Waals surface area contributed by atoms with Gasteiger partial charge in [0.2, 0.25) is 10.0 Å². The second-order valence-electron chi connectivity index (χ2n) is 9.34. The number of nitrogens with one attached hydrogen (secondary N) is 2. The first kappa shape index (κ1) is 26.1. The number of carbonyl (C=O) groups excluding carboxylic acids is 2. The number of sulfonamides is 1. The molecule has 2 bridgehead atoms. The van der Waals surface area contributed by atoms with E-state index in [0.717, 1.165) is 23.3 Å². The summed E-state index contributed by atoms with van der Waals surface area (Å²) >= 11 is 0. The highest BCUT2D eigenvalue weighted by molar-refractivity contribution is 7.88. The molecule has 2 aromatic rings. The van der Waals surface area contributed by atoms with Gasteiger partial charge >= 0.3 is 5.92 Å². The van der Waals surface area contributed by atoms with Gasteiger partial charge in [-0.2, -0.15) is 8.78 Å². The van der Waals surface area contributed by atoms with E-state index in [1.165, 1.54) is 19.1 Å². The maximum absolute atomic E-state index is 15.4. The molecule has 0 aromatic heterocycles. The minimum Gasteiger partial charge on any atom is -0.331 e. The number of hydrogen-bond donors (Lipinski definition) is 2. The molecule has 1 unspecified atom stereocenters. The number of nitrogens with zero attached hydrogens (tertiary/aromatic N) is 1. The number of piperidine rings is 1. The van der Waals surface area contributed by atoms with E-state index < -0.39 is 63.1 Å². The zero-order chi connectivity index (χ0) is 26.4. The zero-order valence-electron chi connectivity index (χ0n) is 19.5. The van der Waals surface area contributed by atoms with Crippen molar-refractivity contribution in [3.05, 3.63) is 64.7 Å². The number of amides is 2. The van der Waals surface area contributed by atoms with E-state index in [9.17, 15) is 26.8 Å². The number of alkyl halides is 2. The zero-order valence-corrected chi connectivity index (χ0v) is 20.3. The minimum atomic E-state index is -4.26. The molecule has 2 aromatic carbocycles. The van der Waals surface area contributed by atoms with Crippen LogP contribution in [0.1, 0.15) is 47.2 Å². The van der Waals surface area contributed by atoms with Gasteiger partial charge in [-0.1, -0.05) is 0 Å². The molecule has 36 heavy (non-hydrogen) atoms. The van der Waals surface area contributed by atoms with Crippen molar-refractivity contribution in [1.82, 2.24) is 9.62 Å². The molecule has 0 saturated carbocycles. The number of rotatable bonds is 6. The summed E-state index contributed by atoms with van der Waals surface area (Å²) in [6.07, 6.45) is 2.21. The van der Waals surface area contributed by atoms with Gasteiger partial charge < -0.3 is 10.2 Å². The Hall–Kier alpha value is -2.99. The molecule has 2 N–H and O–H groups in total. The van der Waals surface area contributed by atoms with Crippen molar-refractivity contribution in [3.8, 4) is 0 Å². The first-order valence-electron chi connectivity index (χ1n) is 11.3. The summed E-state index contributed by atoms with van der Waals surface area (Å²) in [6.45, 7) is 1.49. The van der Waals surface area contributed by atoms with Gasteiger partial charge in [-0.05, 0) is 74.6 Å². The Kier molecular flexibility index (Phi) is 6.86. The lowest BCUT2D eigenvalue weighted by Gasteiger charge is -2.40. The van der Waals surface area contributed by atoms with Gasteiger partial charge in [0.25, 0.3) is 11.8 Å². The highest BCUT2D eigenvalue weighted by Crippen LogP contribution is 2.41. The fraction of sp³-hybridized carbons (Fsp3) is 0.417. The number of halogens is 4.